The molecule has 3 heteroatoms. The summed E-state index contributed by atoms with van der Waals surface area (Å²) in [6, 6.07) is 18.9. The van der Waals surface area contributed by atoms with Crippen molar-refractivity contribution in [2.24, 2.45) is 0 Å². The summed E-state index contributed by atoms with van der Waals surface area (Å²) in [6.07, 6.45) is 1.86. The lowest BCUT2D eigenvalue weighted by molar-refractivity contribution is 1.08. The molecule has 0 saturated heterocycles. The number of hydrogen-bond donors (Lipinski definition) is 1. The molecule has 2 aromatic carbocycles. The first kappa shape index (κ1) is 13.4. The van der Waals surface area contributed by atoms with Crippen molar-refractivity contribution < 1.29 is 0 Å². The average molecular weight is 277 g/mol. The van der Waals surface area contributed by atoms with E-state index in [0.717, 1.165) is 18.1 Å². The van der Waals surface area contributed by atoms with Gasteiger partial charge < -0.3 is 10.2 Å². The van der Waals surface area contributed by atoms with Crippen molar-refractivity contribution in [2.45, 2.75) is 6.54 Å². The Labute approximate surface area is 125 Å². The van der Waals surface area contributed by atoms with Crippen LogP contribution in [0.1, 0.15) is 5.56 Å². The molecule has 1 N–H and O–H groups in total. The van der Waals surface area contributed by atoms with Gasteiger partial charge in [-0.3, -0.25) is 0 Å². The maximum Gasteiger partial charge on any atom is 0.135 e. The fourth-order valence-electron chi connectivity index (χ4n) is 2.42. The van der Waals surface area contributed by atoms with Crippen molar-refractivity contribution >= 4 is 22.3 Å². The normalized spacial score (nSPS) is 10.6. The second-order valence-electron chi connectivity index (χ2n) is 5.30. The predicted molar refractivity (Wildman–Crippen MR) is 89.8 cm³/mol. The zero-order chi connectivity index (χ0) is 14.7. The zero-order valence-corrected chi connectivity index (χ0v) is 12.4. The molecule has 3 nitrogen and oxygen atoms in total. The first-order chi connectivity index (χ1) is 10.2. The van der Waals surface area contributed by atoms with Crippen LogP contribution in [0.25, 0.3) is 10.8 Å². The van der Waals surface area contributed by atoms with Crippen LogP contribution >= 0.6 is 0 Å². The van der Waals surface area contributed by atoms with E-state index in [4.69, 9.17) is 0 Å². The number of fused-ring (bicyclic) bond motifs is 1. The monoisotopic (exact) mass is 277 g/mol. The van der Waals surface area contributed by atoms with Crippen LogP contribution in [-0.4, -0.2) is 19.1 Å². The van der Waals surface area contributed by atoms with Crippen LogP contribution in [0.5, 0.6) is 0 Å². The van der Waals surface area contributed by atoms with Crippen molar-refractivity contribution in [3.8, 4) is 0 Å². The number of pyridine rings is 1. The minimum absolute atomic E-state index is 0.823. The molecule has 3 rings (SSSR count). The number of anilines is 2. The van der Waals surface area contributed by atoms with Crippen molar-refractivity contribution in [3.63, 3.8) is 0 Å². The third kappa shape index (κ3) is 2.97. The molecule has 3 aromatic rings. The van der Waals surface area contributed by atoms with Crippen LogP contribution in [-0.2, 0) is 6.54 Å². The Kier molecular flexibility index (Phi) is 3.73. The Balaban J connectivity index is 1.88. The van der Waals surface area contributed by atoms with E-state index in [1.807, 2.05) is 37.3 Å². The molecule has 106 valence electrons. The molecule has 0 unspecified atom stereocenters. The van der Waals surface area contributed by atoms with Crippen LogP contribution in [0.3, 0.4) is 0 Å². The van der Waals surface area contributed by atoms with E-state index in [1.54, 1.807) is 0 Å². The van der Waals surface area contributed by atoms with Gasteiger partial charge in [0.2, 0.25) is 0 Å². The Hall–Kier alpha value is -2.55. The Morgan fingerprint density at radius 1 is 1.00 bits per heavy atom. The molecule has 1 heterocycles. The number of hydrogen-bond acceptors (Lipinski definition) is 3. The van der Waals surface area contributed by atoms with Gasteiger partial charge in [0.15, 0.2) is 0 Å². The highest BCUT2D eigenvalue weighted by atomic mass is 15.1. The van der Waals surface area contributed by atoms with Gasteiger partial charge in [-0.05, 0) is 29.1 Å². The van der Waals surface area contributed by atoms with Crippen LogP contribution in [0, 0.1) is 0 Å². The molecular formula is C18H19N3. The maximum atomic E-state index is 4.46. The molecule has 0 atom stereocenters. The lowest BCUT2D eigenvalue weighted by Crippen LogP contribution is -2.11. The second kappa shape index (κ2) is 5.83. The second-order valence-corrected chi connectivity index (χ2v) is 5.30. The first-order valence-electron chi connectivity index (χ1n) is 7.08. The van der Waals surface area contributed by atoms with Gasteiger partial charge in [-0.25, -0.2) is 4.98 Å². The number of benzene rings is 2. The Morgan fingerprint density at radius 2 is 1.81 bits per heavy atom. The van der Waals surface area contributed by atoms with Gasteiger partial charge in [-0.15, -0.1) is 0 Å². The zero-order valence-electron chi connectivity index (χ0n) is 12.4. The molecule has 21 heavy (non-hydrogen) atoms. The molecule has 0 radical (unpaired) electrons. The Morgan fingerprint density at radius 3 is 2.57 bits per heavy atom. The molecule has 0 bridgehead atoms. The van der Waals surface area contributed by atoms with Gasteiger partial charge in [-0.1, -0.05) is 36.4 Å². The number of nitrogens with one attached hydrogen (secondary N) is 1. The van der Waals surface area contributed by atoms with Crippen molar-refractivity contribution in [2.75, 3.05) is 24.3 Å². The van der Waals surface area contributed by atoms with E-state index in [-0.39, 0.29) is 0 Å². The van der Waals surface area contributed by atoms with E-state index in [2.05, 4.69) is 52.8 Å². The van der Waals surface area contributed by atoms with Crippen LogP contribution in [0.2, 0.25) is 0 Å². The predicted octanol–water partition coefficient (Wildman–Crippen LogP) is 3.91. The number of rotatable bonds is 4. The number of nitrogens with zero attached hydrogens (tertiary/aromatic N) is 2. The Bertz CT molecular complexity index is 736. The molecule has 0 spiro atoms. The molecule has 0 aliphatic heterocycles. The number of aromatic nitrogens is 1. The van der Waals surface area contributed by atoms with Gasteiger partial charge in [0.1, 0.15) is 5.82 Å². The van der Waals surface area contributed by atoms with E-state index >= 15 is 0 Å². The topological polar surface area (TPSA) is 28.2 Å². The molecule has 0 saturated carbocycles. The largest absolute Gasteiger partial charge is 0.381 e. The summed E-state index contributed by atoms with van der Waals surface area (Å²) in [5, 5.41) is 5.85. The fraction of sp³-hybridized carbons (Fsp3) is 0.167. The molecule has 1 aromatic heterocycles. The molecule has 0 aliphatic carbocycles. The summed E-state index contributed by atoms with van der Waals surface area (Å²) >= 11 is 0. The average Bonchev–Trinajstić information content (AvgIpc) is 2.53. The summed E-state index contributed by atoms with van der Waals surface area (Å²) in [5.41, 5.74) is 2.39. The van der Waals surface area contributed by atoms with Crippen LogP contribution in [0.4, 0.5) is 11.5 Å². The lowest BCUT2D eigenvalue weighted by Gasteiger charge is -2.15. The molecule has 0 aliphatic rings. The van der Waals surface area contributed by atoms with Gasteiger partial charge >= 0.3 is 0 Å². The minimum atomic E-state index is 0.823. The summed E-state index contributed by atoms with van der Waals surface area (Å²) in [6.45, 7) is 0.823. The summed E-state index contributed by atoms with van der Waals surface area (Å²) < 4.78 is 0. The third-order valence-electron chi connectivity index (χ3n) is 3.51. The SMILES string of the molecule is CN(C)c1nccc2ccc(NCc3ccccc3)cc12. The summed E-state index contributed by atoms with van der Waals surface area (Å²) in [4.78, 5) is 6.51. The summed E-state index contributed by atoms with van der Waals surface area (Å²) in [5.74, 6) is 0.996. The molecule has 0 fully saturated rings. The molecular weight excluding hydrogens is 258 g/mol. The highest BCUT2D eigenvalue weighted by molar-refractivity contribution is 5.94. The van der Waals surface area contributed by atoms with Crippen molar-refractivity contribution in [1.82, 2.24) is 4.98 Å². The minimum Gasteiger partial charge on any atom is -0.381 e. The third-order valence-corrected chi connectivity index (χ3v) is 3.51. The first-order valence-corrected chi connectivity index (χ1v) is 7.08. The van der Waals surface area contributed by atoms with Gasteiger partial charge in [0.05, 0.1) is 0 Å². The summed E-state index contributed by atoms with van der Waals surface area (Å²) in [7, 11) is 4.04. The highest BCUT2D eigenvalue weighted by Gasteiger charge is 2.05. The highest BCUT2D eigenvalue weighted by Crippen LogP contribution is 2.26. The quantitative estimate of drug-likeness (QED) is 0.783. The van der Waals surface area contributed by atoms with E-state index < -0.39 is 0 Å². The fourth-order valence-corrected chi connectivity index (χ4v) is 2.42. The van der Waals surface area contributed by atoms with Crippen LogP contribution < -0.4 is 10.2 Å². The lowest BCUT2D eigenvalue weighted by atomic mass is 10.1. The van der Waals surface area contributed by atoms with Crippen LogP contribution in [0.15, 0.2) is 60.8 Å². The smallest absolute Gasteiger partial charge is 0.135 e. The van der Waals surface area contributed by atoms with Gasteiger partial charge in [0.25, 0.3) is 0 Å². The van der Waals surface area contributed by atoms with Crippen molar-refractivity contribution in [1.29, 1.82) is 0 Å². The molecule has 0 amide bonds. The van der Waals surface area contributed by atoms with Crippen molar-refractivity contribution in [3.05, 3.63) is 66.4 Å². The standard InChI is InChI=1S/C18H19N3/c1-21(2)18-17-12-16(9-8-15(17)10-11-19-18)20-13-14-6-4-3-5-7-14/h3-12,20H,13H2,1-2H3. The van der Waals surface area contributed by atoms with E-state index in [9.17, 15) is 0 Å². The van der Waals surface area contributed by atoms with E-state index in [0.29, 0.717) is 0 Å². The van der Waals surface area contributed by atoms with E-state index in [1.165, 1.54) is 16.3 Å². The van der Waals surface area contributed by atoms with Gasteiger partial charge in [-0.2, -0.15) is 0 Å². The maximum absolute atomic E-state index is 4.46. The van der Waals surface area contributed by atoms with Gasteiger partial charge in [0, 0.05) is 37.9 Å².